The number of likely N-dealkylation sites (N-methyl/N-ethyl adjacent to an activating group) is 1. The zero-order chi connectivity index (χ0) is 17.4. The van der Waals surface area contributed by atoms with E-state index in [9.17, 15) is 9.18 Å². The molecule has 1 amide bonds. The predicted octanol–water partition coefficient (Wildman–Crippen LogP) is 2.90. The first-order chi connectivity index (χ1) is 11.5. The van der Waals surface area contributed by atoms with Crippen LogP contribution >= 0.6 is 11.8 Å². The minimum atomic E-state index is -0.279. The van der Waals surface area contributed by atoms with Crippen molar-refractivity contribution >= 4 is 17.7 Å². The standard InChI is InChI=1S/C18H22FN3OS/c1-21(2)10-11-22(13-15-4-3-5-16(19)12-15)18(23)14-24-17-6-8-20-9-7-17/h3-9,12H,10-11,13-14H2,1-2H3. The van der Waals surface area contributed by atoms with Crippen LogP contribution in [0.25, 0.3) is 0 Å². The lowest BCUT2D eigenvalue weighted by Crippen LogP contribution is -2.37. The molecule has 4 nitrogen and oxygen atoms in total. The van der Waals surface area contributed by atoms with Gasteiger partial charge >= 0.3 is 0 Å². The maximum Gasteiger partial charge on any atom is 0.233 e. The average molecular weight is 347 g/mol. The molecule has 0 radical (unpaired) electrons. The molecular formula is C18H22FN3OS. The summed E-state index contributed by atoms with van der Waals surface area (Å²) in [5, 5.41) is 0. The fraction of sp³-hybridized carbons (Fsp3) is 0.333. The molecule has 2 rings (SSSR count). The first-order valence-corrected chi connectivity index (χ1v) is 8.73. The second kappa shape index (κ2) is 9.39. The van der Waals surface area contributed by atoms with Crippen LogP contribution in [0.15, 0.2) is 53.7 Å². The number of carbonyl (C=O) groups excluding carboxylic acids is 1. The molecule has 1 aromatic carbocycles. The normalized spacial score (nSPS) is 10.8. The van der Waals surface area contributed by atoms with Crippen molar-refractivity contribution in [3.8, 4) is 0 Å². The summed E-state index contributed by atoms with van der Waals surface area (Å²) >= 11 is 1.49. The minimum absolute atomic E-state index is 0.0444. The van der Waals surface area contributed by atoms with Crippen molar-refractivity contribution in [2.24, 2.45) is 0 Å². The summed E-state index contributed by atoms with van der Waals surface area (Å²) in [6.07, 6.45) is 3.42. The topological polar surface area (TPSA) is 36.4 Å². The van der Waals surface area contributed by atoms with Crippen molar-refractivity contribution < 1.29 is 9.18 Å². The summed E-state index contributed by atoms with van der Waals surface area (Å²) in [6.45, 7) is 1.79. The molecule has 0 aliphatic rings. The predicted molar refractivity (Wildman–Crippen MR) is 95.3 cm³/mol. The maximum atomic E-state index is 13.4. The van der Waals surface area contributed by atoms with E-state index in [0.29, 0.717) is 18.8 Å². The first-order valence-electron chi connectivity index (χ1n) is 7.74. The van der Waals surface area contributed by atoms with Crippen molar-refractivity contribution in [3.05, 3.63) is 60.2 Å². The highest BCUT2D eigenvalue weighted by atomic mass is 32.2. The second-order valence-corrected chi connectivity index (χ2v) is 6.77. The van der Waals surface area contributed by atoms with Gasteiger partial charge in [-0.2, -0.15) is 0 Å². The van der Waals surface area contributed by atoms with E-state index >= 15 is 0 Å². The lowest BCUT2D eigenvalue weighted by molar-refractivity contribution is -0.129. The molecule has 0 saturated carbocycles. The maximum absolute atomic E-state index is 13.4. The third kappa shape index (κ3) is 6.29. The van der Waals surface area contributed by atoms with Gasteiger partial charge in [-0.3, -0.25) is 9.78 Å². The molecule has 0 saturated heterocycles. The van der Waals surface area contributed by atoms with Gasteiger partial charge in [-0.1, -0.05) is 12.1 Å². The quantitative estimate of drug-likeness (QED) is 0.688. The van der Waals surface area contributed by atoms with Crippen LogP contribution in [0.4, 0.5) is 4.39 Å². The SMILES string of the molecule is CN(C)CCN(Cc1cccc(F)c1)C(=O)CSc1ccncc1. The Balaban J connectivity index is 1.99. The number of halogens is 1. The van der Waals surface area contributed by atoms with E-state index in [2.05, 4.69) is 4.98 Å². The summed E-state index contributed by atoms with van der Waals surface area (Å²) in [5.41, 5.74) is 0.802. The van der Waals surface area contributed by atoms with E-state index < -0.39 is 0 Å². The summed E-state index contributed by atoms with van der Waals surface area (Å²) in [5.74, 6) is 0.119. The van der Waals surface area contributed by atoms with Gasteiger partial charge in [0.05, 0.1) is 5.75 Å². The van der Waals surface area contributed by atoms with E-state index in [0.717, 1.165) is 17.0 Å². The largest absolute Gasteiger partial charge is 0.336 e. The van der Waals surface area contributed by atoms with Gasteiger partial charge < -0.3 is 9.80 Å². The van der Waals surface area contributed by atoms with Crippen LogP contribution < -0.4 is 0 Å². The van der Waals surface area contributed by atoms with Crippen LogP contribution in [0.1, 0.15) is 5.56 Å². The molecule has 1 aromatic heterocycles. The Morgan fingerprint density at radius 1 is 1.17 bits per heavy atom. The van der Waals surface area contributed by atoms with Gasteiger partial charge in [0.15, 0.2) is 0 Å². The number of rotatable bonds is 8. The molecule has 2 aromatic rings. The number of amides is 1. The van der Waals surface area contributed by atoms with Gasteiger partial charge in [0.25, 0.3) is 0 Å². The number of benzene rings is 1. The Hall–Kier alpha value is -1.92. The molecule has 0 spiro atoms. The molecule has 0 fully saturated rings. The van der Waals surface area contributed by atoms with Crippen LogP contribution in [0, 0.1) is 5.82 Å². The zero-order valence-corrected chi connectivity index (χ0v) is 14.8. The van der Waals surface area contributed by atoms with E-state index in [4.69, 9.17) is 0 Å². The van der Waals surface area contributed by atoms with Gasteiger partial charge in [-0.25, -0.2) is 4.39 Å². The number of hydrogen-bond acceptors (Lipinski definition) is 4. The van der Waals surface area contributed by atoms with Crippen LogP contribution in [-0.2, 0) is 11.3 Å². The highest BCUT2D eigenvalue weighted by Crippen LogP contribution is 2.17. The Labute approximate surface area is 146 Å². The van der Waals surface area contributed by atoms with Crippen molar-refractivity contribution in [1.29, 1.82) is 0 Å². The molecular weight excluding hydrogens is 325 g/mol. The fourth-order valence-corrected chi connectivity index (χ4v) is 2.93. The summed E-state index contributed by atoms with van der Waals surface area (Å²) < 4.78 is 13.4. The lowest BCUT2D eigenvalue weighted by atomic mass is 10.2. The Bertz CT molecular complexity index is 652. The van der Waals surface area contributed by atoms with Crippen LogP contribution in [0.5, 0.6) is 0 Å². The van der Waals surface area contributed by atoms with Crippen LogP contribution in [0.2, 0.25) is 0 Å². The molecule has 128 valence electrons. The van der Waals surface area contributed by atoms with Crippen molar-refractivity contribution in [3.63, 3.8) is 0 Å². The molecule has 0 unspecified atom stereocenters. The number of thioether (sulfide) groups is 1. The van der Waals surface area contributed by atoms with Gasteiger partial charge in [-0.15, -0.1) is 11.8 Å². The number of hydrogen-bond donors (Lipinski definition) is 0. The Morgan fingerprint density at radius 2 is 1.92 bits per heavy atom. The minimum Gasteiger partial charge on any atom is -0.336 e. The van der Waals surface area contributed by atoms with Crippen LogP contribution in [-0.4, -0.2) is 53.6 Å². The molecule has 0 aliphatic heterocycles. The number of carbonyl (C=O) groups is 1. The second-order valence-electron chi connectivity index (χ2n) is 5.72. The fourth-order valence-electron chi connectivity index (χ4n) is 2.14. The summed E-state index contributed by atoms with van der Waals surface area (Å²) in [7, 11) is 3.94. The molecule has 6 heteroatoms. The molecule has 0 aliphatic carbocycles. The highest BCUT2D eigenvalue weighted by Gasteiger charge is 2.15. The van der Waals surface area contributed by atoms with E-state index in [1.54, 1.807) is 23.4 Å². The molecule has 0 N–H and O–H groups in total. The average Bonchev–Trinajstić information content (AvgIpc) is 2.57. The van der Waals surface area contributed by atoms with Crippen molar-refractivity contribution in [2.45, 2.75) is 11.4 Å². The number of pyridine rings is 1. The van der Waals surface area contributed by atoms with Gasteiger partial charge in [0.1, 0.15) is 5.82 Å². The highest BCUT2D eigenvalue weighted by molar-refractivity contribution is 8.00. The monoisotopic (exact) mass is 347 g/mol. The van der Waals surface area contributed by atoms with Gasteiger partial charge in [0.2, 0.25) is 5.91 Å². The van der Waals surface area contributed by atoms with Crippen molar-refractivity contribution in [1.82, 2.24) is 14.8 Å². The van der Waals surface area contributed by atoms with Crippen LogP contribution in [0.3, 0.4) is 0 Å². The first kappa shape index (κ1) is 18.4. The lowest BCUT2D eigenvalue weighted by Gasteiger charge is -2.24. The Kier molecular flexibility index (Phi) is 7.21. The van der Waals surface area contributed by atoms with E-state index in [1.165, 1.54) is 23.9 Å². The van der Waals surface area contributed by atoms with Gasteiger partial charge in [-0.05, 0) is 43.9 Å². The molecule has 0 atom stereocenters. The molecule has 24 heavy (non-hydrogen) atoms. The van der Waals surface area contributed by atoms with E-state index in [1.807, 2.05) is 37.2 Å². The smallest absolute Gasteiger partial charge is 0.233 e. The third-order valence-electron chi connectivity index (χ3n) is 3.44. The van der Waals surface area contributed by atoms with Crippen molar-refractivity contribution in [2.75, 3.05) is 32.9 Å². The number of nitrogens with zero attached hydrogens (tertiary/aromatic N) is 3. The summed E-state index contributed by atoms with van der Waals surface area (Å²) in [4.78, 5) is 21.4. The third-order valence-corrected chi connectivity index (χ3v) is 4.44. The van der Waals surface area contributed by atoms with E-state index in [-0.39, 0.29) is 11.7 Å². The number of aromatic nitrogens is 1. The van der Waals surface area contributed by atoms with Gasteiger partial charge in [0, 0.05) is 36.9 Å². The molecule has 0 bridgehead atoms. The zero-order valence-electron chi connectivity index (χ0n) is 14.0. The molecule has 1 heterocycles. The summed E-state index contributed by atoms with van der Waals surface area (Å²) in [6, 6.07) is 10.2. The Morgan fingerprint density at radius 3 is 2.58 bits per heavy atom.